The first kappa shape index (κ1) is 13.8. The molecule has 0 aromatic carbocycles. The molecule has 1 N–H and O–H groups in total. The number of aryl methyl sites for hydroxylation is 1. The minimum absolute atomic E-state index is 0.158. The fourth-order valence-corrected chi connectivity index (χ4v) is 2.34. The van der Waals surface area contributed by atoms with Gasteiger partial charge >= 0.3 is 0 Å². The number of unbranched alkanes of at least 4 members (excludes halogenated alkanes) is 2. The van der Waals surface area contributed by atoms with Gasteiger partial charge in [-0.3, -0.25) is 4.79 Å². The standard InChI is InChI=1S/C14H18N2O2S/c1-3-4-5-8-15-14(17)13-7-6-12(18-13)11-9-19-10(2)16-11/h6-7,9H,3-5,8H2,1-2H3,(H,15,17). The Bertz CT molecular complexity index is 545. The normalized spacial score (nSPS) is 10.6. The molecule has 0 saturated carbocycles. The van der Waals surface area contributed by atoms with E-state index in [0.717, 1.165) is 30.0 Å². The summed E-state index contributed by atoms with van der Waals surface area (Å²) in [5.41, 5.74) is 0.785. The second-order valence-electron chi connectivity index (χ2n) is 4.38. The van der Waals surface area contributed by atoms with Crippen molar-refractivity contribution in [1.29, 1.82) is 0 Å². The average Bonchev–Trinajstić information content (AvgIpc) is 3.02. The number of nitrogens with zero attached hydrogens (tertiary/aromatic N) is 1. The number of nitrogens with one attached hydrogen (secondary N) is 1. The summed E-state index contributed by atoms with van der Waals surface area (Å²) < 4.78 is 5.53. The third-order valence-electron chi connectivity index (χ3n) is 2.77. The van der Waals surface area contributed by atoms with Crippen LogP contribution in [0.25, 0.3) is 11.5 Å². The Hall–Kier alpha value is -1.62. The molecule has 0 atom stereocenters. The van der Waals surface area contributed by atoms with E-state index in [1.807, 2.05) is 12.3 Å². The summed E-state index contributed by atoms with van der Waals surface area (Å²) in [7, 11) is 0. The van der Waals surface area contributed by atoms with Crippen molar-refractivity contribution in [3.63, 3.8) is 0 Å². The third-order valence-corrected chi connectivity index (χ3v) is 3.54. The van der Waals surface area contributed by atoms with E-state index in [1.165, 1.54) is 0 Å². The molecule has 102 valence electrons. The van der Waals surface area contributed by atoms with Gasteiger partial charge < -0.3 is 9.73 Å². The van der Waals surface area contributed by atoms with Crippen LogP contribution in [0.5, 0.6) is 0 Å². The number of hydrogen-bond donors (Lipinski definition) is 1. The summed E-state index contributed by atoms with van der Waals surface area (Å²) in [5.74, 6) is 0.828. The third kappa shape index (κ3) is 3.67. The van der Waals surface area contributed by atoms with E-state index in [1.54, 1.807) is 23.5 Å². The van der Waals surface area contributed by atoms with E-state index >= 15 is 0 Å². The minimum Gasteiger partial charge on any atom is -0.449 e. The van der Waals surface area contributed by atoms with Gasteiger partial charge in [-0.15, -0.1) is 11.3 Å². The summed E-state index contributed by atoms with van der Waals surface area (Å²) in [5, 5.41) is 5.76. The molecular formula is C14H18N2O2S. The Morgan fingerprint density at radius 1 is 1.42 bits per heavy atom. The maximum absolute atomic E-state index is 11.8. The lowest BCUT2D eigenvalue weighted by Crippen LogP contribution is -2.23. The maximum Gasteiger partial charge on any atom is 0.287 e. The number of hydrogen-bond acceptors (Lipinski definition) is 4. The Balaban J connectivity index is 1.95. The molecule has 5 heteroatoms. The molecule has 2 heterocycles. The predicted octanol–water partition coefficient (Wildman–Crippen LogP) is 3.63. The van der Waals surface area contributed by atoms with Gasteiger partial charge in [0.15, 0.2) is 11.5 Å². The highest BCUT2D eigenvalue weighted by atomic mass is 32.1. The smallest absolute Gasteiger partial charge is 0.287 e. The molecule has 4 nitrogen and oxygen atoms in total. The summed E-state index contributed by atoms with van der Waals surface area (Å²) in [4.78, 5) is 16.2. The average molecular weight is 278 g/mol. The van der Waals surface area contributed by atoms with E-state index in [4.69, 9.17) is 4.42 Å². The predicted molar refractivity (Wildman–Crippen MR) is 76.4 cm³/mol. The topological polar surface area (TPSA) is 55.1 Å². The van der Waals surface area contributed by atoms with E-state index in [2.05, 4.69) is 17.2 Å². The first-order chi connectivity index (χ1) is 9.20. The maximum atomic E-state index is 11.8. The lowest BCUT2D eigenvalue weighted by molar-refractivity contribution is 0.0926. The number of amides is 1. The lowest BCUT2D eigenvalue weighted by atomic mass is 10.2. The number of rotatable bonds is 6. The van der Waals surface area contributed by atoms with Gasteiger partial charge in [-0.25, -0.2) is 4.98 Å². The number of furan rings is 1. The molecule has 0 aliphatic heterocycles. The lowest BCUT2D eigenvalue weighted by Gasteiger charge is -2.01. The molecule has 1 amide bonds. The summed E-state index contributed by atoms with van der Waals surface area (Å²) in [6.45, 7) is 4.77. The van der Waals surface area contributed by atoms with Crippen LogP contribution < -0.4 is 5.32 Å². The molecular weight excluding hydrogens is 260 g/mol. The Kier molecular flexibility index (Phi) is 4.74. The molecule has 0 radical (unpaired) electrons. The molecule has 19 heavy (non-hydrogen) atoms. The summed E-state index contributed by atoms with van der Waals surface area (Å²) >= 11 is 1.56. The van der Waals surface area contributed by atoms with E-state index in [-0.39, 0.29) is 5.91 Å². The molecule has 0 unspecified atom stereocenters. The molecule has 0 spiro atoms. The quantitative estimate of drug-likeness (QED) is 0.821. The van der Waals surface area contributed by atoms with Crippen LogP contribution in [0.2, 0.25) is 0 Å². The Morgan fingerprint density at radius 3 is 2.95 bits per heavy atom. The molecule has 0 aliphatic carbocycles. The second kappa shape index (κ2) is 6.52. The van der Waals surface area contributed by atoms with Gasteiger partial charge in [0.05, 0.1) is 5.01 Å². The van der Waals surface area contributed by atoms with Crippen molar-refractivity contribution in [3.8, 4) is 11.5 Å². The van der Waals surface area contributed by atoms with Crippen molar-refractivity contribution in [2.45, 2.75) is 33.1 Å². The molecule has 0 bridgehead atoms. The van der Waals surface area contributed by atoms with Gasteiger partial charge in [-0.1, -0.05) is 19.8 Å². The van der Waals surface area contributed by atoms with Crippen molar-refractivity contribution in [3.05, 3.63) is 28.3 Å². The zero-order valence-corrected chi connectivity index (χ0v) is 12.0. The van der Waals surface area contributed by atoms with Crippen LogP contribution in [0.3, 0.4) is 0 Å². The van der Waals surface area contributed by atoms with Gasteiger partial charge in [-0.2, -0.15) is 0 Å². The Morgan fingerprint density at radius 2 is 2.26 bits per heavy atom. The largest absolute Gasteiger partial charge is 0.449 e. The number of aromatic nitrogens is 1. The van der Waals surface area contributed by atoms with Gasteiger partial charge in [0.25, 0.3) is 5.91 Å². The number of carbonyl (C=O) groups is 1. The monoisotopic (exact) mass is 278 g/mol. The van der Waals surface area contributed by atoms with Crippen molar-refractivity contribution in [1.82, 2.24) is 10.3 Å². The second-order valence-corrected chi connectivity index (χ2v) is 5.44. The van der Waals surface area contributed by atoms with Crippen LogP contribution in [0.1, 0.15) is 41.7 Å². The minimum atomic E-state index is -0.158. The van der Waals surface area contributed by atoms with Crippen LogP contribution in [-0.2, 0) is 0 Å². The zero-order chi connectivity index (χ0) is 13.7. The van der Waals surface area contributed by atoms with Gasteiger partial charge in [0, 0.05) is 11.9 Å². The number of thiazole rings is 1. The van der Waals surface area contributed by atoms with Crippen molar-refractivity contribution in [2.24, 2.45) is 0 Å². The SMILES string of the molecule is CCCCCNC(=O)c1ccc(-c2csc(C)n2)o1. The van der Waals surface area contributed by atoms with Crippen LogP contribution >= 0.6 is 11.3 Å². The Labute approximate surface area is 116 Å². The summed E-state index contributed by atoms with van der Waals surface area (Å²) in [6.07, 6.45) is 3.27. The van der Waals surface area contributed by atoms with Crippen LogP contribution in [0, 0.1) is 6.92 Å². The van der Waals surface area contributed by atoms with Crippen molar-refractivity contribution in [2.75, 3.05) is 6.54 Å². The van der Waals surface area contributed by atoms with Gasteiger partial charge in [-0.05, 0) is 25.5 Å². The first-order valence-corrected chi connectivity index (χ1v) is 7.39. The van der Waals surface area contributed by atoms with Crippen LogP contribution in [0.15, 0.2) is 21.9 Å². The van der Waals surface area contributed by atoms with Gasteiger partial charge in [0.2, 0.25) is 0 Å². The zero-order valence-electron chi connectivity index (χ0n) is 11.2. The van der Waals surface area contributed by atoms with Gasteiger partial charge in [0.1, 0.15) is 5.69 Å². The molecule has 2 aromatic heterocycles. The van der Waals surface area contributed by atoms with E-state index < -0.39 is 0 Å². The molecule has 2 rings (SSSR count). The summed E-state index contributed by atoms with van der Waals surface area (Å²) in [6, 6.07) is 3.48. The molecule has 0 aliphatic rings. The highest BCUT2D eigenvalue weighted by Gasteiger charge is 2.13. The highest BCUT2D eigenvalue weighted by Crippen LogP contribution is 2.23. The molecule has 0 saturated heterocycles. The van der Waals surface area contributed by atoms with Crippen LogP contribution in [0.4, 0.5) is 0 Å². The fraction of sp³-hybridized carbons (Fsp3) is 0.429. The van der Waals surface area contributed by atoms with E-state index in [0.29, 0.717) is 18.1 Å². The van der Waals surface area contributed by atoms with Crippen molar-refractivity contribution >= 4 is 17.2 Å². The first-order valence-electron chi connectivity index (χ1n) is 6.51. The highest BCUT2D eigenvalue weighted by molar-refractivity contribution is 7.09. The molecule has 2 aromatic rings. The van der Waals surface area contributed by atoms with Crippen LogP contribution in [-0.4, -0.2) is 17.4 Å². The number of carbonyl (C=O) groups excluding carboxylic acids is 1. The van der Waals surface area contributed by atoms with E-state index in [9.17, 15) is 4.79 Å². The van der Waals surface area contributed by atoms with Crippen molar-refractivity contribution < 1.29 is 9.21 Å². The molecule has 0 fully saturated rings. The fourth-order valence-electron chi connectivity index (χ4n) is 1.74.